The van der Waals surface area contributed by atoms with Gasteiger partial charge < -0.3 is 5.11 Å². The van der Waals surface area contributed by atoms with Crippen LogP contribution in [0.4, 0.5) is 13.2 Å². The second-order valence-corrected chi connectivity index (χ2v) is 3.71. The average molecular weight is 234 g/mol. The lowest BCUT2D eigenvalue weighted by Gasteiger charge is -2.35. The SMILES string of the molecule is C=CCC(C(F)(F)F)C(O)(CC=C)CC=C. The molecule has 1 atom stereocenters. The molecule has 0 fully saturated rings. The second-order valence-electron chi connectivity index (χ2n) is 3.71. The topological polar surface area (TPSA) is 20.2 Å². The fourth-order valence-electron chi connectivity index (χ4n) is 1.69. The summed E-state index contributed by atoms with van der Waals surface area (Å²) in [4.78, 5) is 0. The number of hydrogen-bond acceptors (Lipinski definition) is 1. The van der Waals surface area contributed by atoms with E-state index in [4.69, 9.17) is 0 Å². The highest BCUT2D eigenvalue weighted by molar-refractivity contribution is 5.00. The van der Waals surface area contributed by atoms with Crippen LogP contribution < -0.4 is 0 Å². The van der Waals surface area contributed by atoms with Crippen molar-refractivity contribution in [2.45, 2.75) is 31.0 Å². The van der Waals surface area contributed by atoms with Gasteiger partial charge in [0.2, 0.25) is 0 Å². The zero-order chi connectivity index (χ0) is 12.8. The van der Waals surface area contributed by atoms with E-state index in [0.717, 1.165) is 6.08 Å². The van der Waals surface area contributed by atoms with Crippen molar-refractivity contribution in [2.24, 2.45) is 5.92 Å². The van der Waals surface area contributed by atoms with Crippen LogP contribution in [0.5, 0.6) is 0 Å². The van der Waals surface area contributed by atoms with Crippen molar-refractivity contribution >= 4 is 0 Å². The van der Waals surface area contributed by atoms with Gasteiger partial charge >= 0.3 is 6.18 Å². The molecule has 4 heteroatoms. The molecule has 0 radical (unpaired) electrons. The van der Waals surface area contributed by atoms with Crippen molar-refractivity contribution in [1.29, 1.82) is 0 Å². The molecule has 0 aliphatic heterocycles. The lowest BCUT2D eigenvalue weighted by atomic mass is 9.79. The van der Waals surface area contributed by atoms with E-state index in [9.17, 15) is 18.3 Å². The van der Waals surface area contributed by atoms with E-state index in [0.29, 0.717) is 0 Å². The maximum Gasteiger partial charge on any atom is 0.394 e. The molecule has 0 heterocycles. The Morgan fingerprint density at radius 3 is 1.69 bits per heavy atom. The molecule has 1 unspecified atom stereocenters. The maximum atomic E-state index is 12.8. The molecular formula is C12H17F3O. The lowest BCUT2D eigenvalue weighted by Crippen LogP contribution is -2.45. The molecule has 0 aromatic carbocycles. The fourth-order valence-corrected chi connectivity index (χ4v) is 1.69. The molecule has 92 valence electrons. The predicted octanol–water partition coefficient (Wildman–Crippen LogP) is 3.62. The molecule has 16 heavy (non-hydrogen) atoms. The minimum absolute atomic E-state index is 0.128. The minimum atomic E-state index is -4.46. The molecule has 0 aliphatic carbocycles. The van der Waals surface area contributed by atoms with Gasteiger partial charge in [0.25, 0.3) is 0 Å². The molecule has 0 saturated heterocycles. The first kappa shape index (κ1) is 15.0. The van der Waals surface area contributed by atoms with Crippen LogP contribution in [0.1, 0.15) is 19.3 Å². The molecule has 0 amide bonds. The predicted molar refractivity (Wildman–Crippen MR) is 58.9 cm³/mol. The highest BCUT2D eigenvalue weighted by atomic mass is 19.4. The van der Waals surface area contributed by atoms with Gasteiger partial charge in [-0.05, 0) is 19.3 Å². The first-order valence-corrected chi connectivity index (χ1v) is 4.93. The molecule has 0 aromatic heterocycles. The molecule has 0 spiro atoms. The summed E-state index contributed by atoms with van der Waals surface area (Å²) in [5.41, 5.74) is -1.88. The van der Waals surface area contributed by atoms with Gasteiger partial charge in [-0.15, -0.1) is 19.7 Å². The van der Waals surface area contributed by atoms with Gasteiger partial charge in [-0.2, -0.15) is 13.2 Å². The molecule has 1 nitrogen and oxygen atoms in total. The Morgan fingerprint density at radius 1 is 1.00 bits per heavy atom. The van der Waals surface area contributed by atoms with E-state index in [2.05, 4.69) is 19.7 Å². The summed E-state index contributed by atoms with van der Waals surface area (Å²) >= 11 is 0. The maximum absolute atomic E-state index is 12.8. The third-order valence-electron chi connectivity index (χ3n) is 2.44. The smallest absolute Gasteiger partial charge is 0.389 e. The highest BCUT2D eigenvalue weighted by Gasteiger charge is 2.50. The van der Waals surface area contributed by atoms with Crippen LogP contribution >= 0.6 is 0 Å². The average Bonchev–Trinajstić information content (AvgIpc) is 2.13. The molecule has 0 aromatic rings. The number of allylic oxidation sites excluding steroid dienone is 1. The molecule has 1 N–H and O–H groups in total. The summed E-state index contributed by atoms with van der Waals surface area (Å²) in [6, 6.07) is 0. The quantitative estimate of drug-likeness (QED) is 0.667. The van der Waals surface area contributed by atoms with Crippen LogP contribution in [-0.2, 0) is 0 Å². The first-order valence-electron chi connectivity index (χ1n) is 4.93. The number of aliphatic hydroxyl groups is 1. The summed E-state index contributed by atoms with van der Waals surface area (Å²) < 4.78 is 38.3. The van der Waals surface area contributed by atoms with Crippen LogP contribution in [0.25, 0.3) is 0 Å². The van der Waals surface area contributed by atoms with Gasteiger partial charge in [0.05, 0.1) is 11.5 Å². The molecule has 0 aliphatic rings. The molecule has 0 rings (SSSR count). The van der Waals surface area contributed by atoms with Gasteiger partial charge in [0.1, 0.15) is 0 Å². The van der Waals surface area contributed by atoms with Crippen molar-refractivity contribution in [3.8, 4) is 0 Å². The monoisotopic (exact) mass is 234 g/mol. The van der Waals surface area contributed by atoms with Gasteiger partial charge in [-0.25, -0.2) is 0 Å². The lowest BCUT2D eigenvalue weighted by molar-refractivity contribution is -0.224. The van der Waals surface area contributed by atoms with Crippen LogP contribution in [-0.4, -0.2) is 16.9 Å². The van der Waals surface area contributed by atoms with E-state index < -0.39 is 17.7 Å². The molecular weight excluding hydrogens is 217 g/mol. The van der Waals surface area contributed by atoms with E-state index >= 15 is 0 Å². The summed E-state index contributed by atoms with van der Waals surface area (Å²) in [6.07, 6.45) is -1.31. The Hall–Kier alpha value is -1.03. The highest BCUT2D eigenvalue weighted by Crippen LogP contribution is 2.41. The third-order valence-corrected chi connectivity index (χ3v) is 2.44. The van der Waals surface area contributed by atoms with E-state index in [-0.39, 0.29) is 19.3 Å². The summed E-state index contributed by atoms with van der Waals surface area (Å²) in [5, 5.41) is 10.0. The molecule has 0 saturated carbocycles. The normalized spacial score (nSPS) is 14.2. The van der Waals surface area contributed by atoms with E-state index in [1.54, 1.807) is 0 Å². The zero-order valence-corrected chi connectivity index (χ0v) is 9.13. The van der Waals surface area contributed by atoms with E-state index in [1.165, 1.54) is 12.2 Å². The van der Waals surface area contributed by atoms with Crippen molar-refractivity contribution in [2.75, 3.05) is 0 Å². The Kier molecular flexibility index (Phi) is 5.51. The summed E-state index contributed by atoms with van der Waals surface area (Å²) in [6.45, 7) is 10.0. The standard InChI is InChI=1S/C12H17F3O/c1-4-7-10(12(13,14)15)11(16,8-5-2)9-6-3/h4-6,10,16H,1-3,7-9H2. The Morgan fingerprint density at radius 2 is 1.44 bits per heavy atom. The second kappa shape index (κ2) is 5.89. The number of halogens is 3. The largest absolute Gasteiger partial charge is 0.394 e. The van der Waals surface area contributed by atoms with Crippen molar-refractivity contribution in [1.82, 2.24) is 0 Å². The minimum Gasteiger partial charge on any atom is -0.389 e. The van der Waals surface area contributed by atoms with Crippen molar-refractivity contribution in [3.63, 3.8) is 0 Å². The first-order chi connectivity index (χ1) is 7.31. The number of rotatable bonds is 7. The number of hydrogen-bond donors (Lipinski definition) is 1. The van der Waals surface area contributed by atoms with Gasteiger partial charge in [0, 0.05) is 0 Å². The third kappa shape index (κ3) is 3.85. The van der Waals surface area contributed by atoms with Gasteiger partial charge in [-0.1, -0.05) is 18.2 Å². The van der Waals surface area contributed by atoms with Crippen LogP contribution in [0.15, 0.2) is 38.0 Å². The summed E-state index contributed by atoms with van der Waals surface area (Å²) in [5.74, 6) is -1.84. The number of alkyl halides is 3. The molecule has 0 bridgehead atoms. The van der Waals surface area contributed by atoms with Crippen LogP contribution in [0.2, 0.25) is 0 Å². The van der Waals surface area contributed by atoms with E-state index in [1.807, 2.05) is 0 Å². The van der Waals surface area contributed by atoms with Crippen molar-refractivity contribution < 1.29 is 18.3 Å². The van der Waals surface area contributed by atoms with Gasteiger partial charge in [0.15, 0.2) is 0 Å². The Balaban J connectivity index is 5.14. The Labute approximate surface area is 94.0 Å². The zero-order valence-electron chi connectivity index (χ0n) is 9.13. The Bertz CT molecular complexity index is 245. The van der Waals surface area contributed by atoms with Crippen LogP contribution in [0, 0.1) is 5.92 Å². The van der Waals surface area contributed by atoms with Gasteiger partial charge in [-0.3, -0.25) is 0 Å². The van der Waals surface area contributed by atoms with Crippen LogP contribution in [0.3, 0.4) is 0 Å². The van der Waals surface area contributed by atoms with Crippen molar-refractivity contribution in [3.05, 3.63) is 38.0 Å². The summed E-state index contributed by atoms with van der Waals surface area (Å²) in [7, 11) is 0. The fraction of sp³-hybridized carbons (Fsp3) is 0.500.